The summed E-state index contributed by atoms with van der Waals surface area (Å²) >= 11 is 0. The van der Waals surface area contributed by atoms with E-state index in [2.05, 4.69) is 4.74 Å². The Morgan fingerprint density at radius 1 is 1.25 bits per heavy atom. The minimum Gasteiger partial charge on any atom is -0.382 e. The number of carbonyl (C=O) groups excluding carboxylic acids is 1. The summed E-state index contributed by atoms with van der Waals surface area (Å²) in [5.41, 5.74) is 1.89. The van der Waals surface area contributed by atoms with Crippen LogP contribution in [0.25, 0.3) is 0 Å². The Kier molecular flexibility index (Phi) is 4.81. The van der Waals surface area contributed by atoms with Crippen molar-refractivity contribution in [2.75, 3.05) is 20.3 Å². The van der Waals surface area contributed by atoms with E-state index in [1.807, 2.05) is 5.48 Å². The maximum absolute atomic E-state index is 12.8. The molecule has 0 aliphatic rings. The second-order valence-electron chi connectivity index (χ2n) is 2.93. The molecule has 1 aromatic rings. The smallest absolute Gasteiger partial charge is 0.275 e. The summed E-state index contributed by atoms with van der Waals surface area (Å²) in [6, 6.07) is 2.51. The van der Waals surface area contributed by atoms with Crippen molar-refractivity contribution >= 4 is 5.91 Å². The van der Waals surface area contributed by atoms with Crippen molar-refractivity contribution in [1.82, 2.24) is 5.48 Å². The second kappa shape index (κ2) is 6.14. The van der Waals surface area contributed by atoms with E-state index >= 15 is 0 Å². The van der Waals surface area contributed by atoms with E-state index in [9.17, 15) is 13.6 Å². The molecule has 0 atom stereocenters. The van der Waals surface area contributed by atoms with Crippen LogP contribution < -0.4 is 5.48 Å². The van der Waals surface area contributed by atoms with Gasteiger partial charge in [-0.05, 0) is 12.1 Å². The van der Waals surface area contributed by atoms with Crippen molar-refractivity contribution in [1.29, 1.82) is 0 Å². The third kappa shape index (κ3) is 3.92. The monoisotopic (exact) mass is 231 g/mol. The molecule has 16 heavy (non-hydrogen) atoms. The quantitative estimate of drug-likeness (QED) is 0.613. The van der Waals surface area contributed by atoms with Crippen LogP contribution in [0, 0.1) is 11.6 Å². The zero-order valence-corrected chi connectivity index (χ0v) is 8.63. The SMILES string of the molecule is COCCONC(=O)c1cc(F)cc(F)c1. The molecule has 4 nitrogen and oxygen atoms in total. The summed E-state index contributed by atoms with van der Waals surface area (Å²) in [7, 11) is 1.48. The molecule has 0 bridgehead atoms. The van der Waals surface area contributed by atoms with E-state index < -0.39 is 17.5 Å². The lowest BCUT2D eigenvalue weighted by Crippen LogP contribution is -2.25. The number of halogens is 2. The van der Waals surface area contributed by atoms with Gasteiger partial charge in [-0.25, -0.2) is 14.3 Å². The number of hydrogen-bond donors (Lipinski definition) is 1. The highest BCUT2D eigenvalue weighted by Gasteiger charge is 2.08. The van der Waals surface area contributed by atoms with Crippen LogP contribution in [0.4, 0.5) is 8.78 Å². The van der Waals surface area contributed by atoms with E-state index in [-0.39, 0.29) is 12.2 Å². The molecule has 0 heterocycles. The third-order valence-electron chi connectivity index (χ3n) is 1.68. The average molecular weight is 231 g/mol. The topological polar surface area (TPSA) is 47.6 Å². The Labute approximate surface area is 91.1 Å². The molecule has 1 N–H and O–H groups in total. The van der Waals surface area contributed by atoms with E-state index in [1.54, 1.807) is 0 Å². The van der Waals surface area contributed by atoms with Gasteiger partial charge in [0.15, 0.2) is 0 Å². The predicted molar refractivity (Wildman–Crippen MR) is 51.7 cm³/mol. The van der Waals surface area contributed by atoms with Crippen LogP contribution in [0.3, 0.4) is 0 Å². The number of amides is 1. The molecule has 0 aliphatic heterocycles. The Morgan fingerprint density at radius 3 is 2.44 bits per heavy atom. The van der Waals surface area contributed by atoms with Gasteiger partial charge in [-0.2, -0.15) is 0 Å². The summed E-state index contributed by atoms with van der Waals surface area (Å²) in [5.74, 6) is -2.35. The van der Waals surface area contributed by atoms with Gasteiger partial charge < -0.3 is 4.74 Å². The van der Waals surface area contributed by atoms with Crippen LogP contribution in [0.2, 0.25) is 0 Å². The summed E-state index contributed by atoms with van der Waals surface area (Å²) in [6.45, 7) is 0.456. The maximum Gasteiger partial charge on any atom is 0.275 e. The van der Waals surface area contributed by atoms with Gasteiger partial charge in [0.25, 0.3) is 5.91 Å². The van der Waals surface area contributed by atoms with Crippen LogP contribution in [-0.2, 0) is 9.57 Å². The maximum atomic E-state index is 12.8. The van der Waals surface area contributed by atoms with Crippen molar-refractivity contribution in [2.45, 2.75) is 0 Å². The van der Waals surface area contributed by atoms with Gasteiger partial charge >= 0.3 is 0 Å². The predicted octanol–water partition coefficient (Wildman–Crippen LogP) is 1.27. The number of nitrogens with one attached hydrogen (secondary N) is 1. The molecule has 0 spiro atoms. The lowest BCUT2D eigenvalue weighted by atomic mass is 10.2. The van der Waals surface area contributed by atoms with Gasteiger partial charge in [0.2, 0.25) is 0 Å². The normalized spacial score (nSPS) is 10.2. The van der Waals surface area contributed by atoms with Gasteiger partial charge in [-0.1, -0.05) is 0 Å². The van der Waals surface area contributed by atoms with E-state index in [4.69, 9.17) is 4.84 Å². The molecular weight excluding hydrogens is 220 g/mol. The molecule has 0 saturated carbocycles. The van der Waals surface area contributed by atoms with Crippen LogP contribution in [0.1, 0.15) is 10.4 Å². The highest BCUT2D eigenvalue weighted by molar-refractivity contribution is 5.93. The first-order valence-electron chi connectivity index (χ1n) is 4.50. The summed E-state index contributed by atoms with van der Waals surface area (Å²) in [6.07, 6.45) is 0. The fourth-order valence-electron chi connectivity index (χ4n) is 0.985. The molecule has 1 aromatic carbocycles. The van der Waals surface area contributed by atoms with E-state index in [1.165, 1.54) is 7.11 Å². The molecule has 1 amide bonds. The Hall–Kier alpha value is -1.53. The Bertz CT molecular complexity index is 351. The minimum absolute atomic E-state index is 0.144. The van der Waals surface area contributed by atoms with E-state index in [0.717, 1.165) is 12.1 Å². The number of carbonyl (C=O) groups is 1. The molecule has 0 aliphatic carbocycles. The Balaban J connectivity index is 2.52. The van der Waals surface area contributed by atoms with Crippen molar-refractivity contribution in [3.8, 4) is 0 Å². The zero-order chi connectivity index (χ0) is 12.0. The number of rotatable bonds is 5. The molecule has 0 radical (unpaired) electrons. The van der Waals surface area contributed by atoms with Crippen molar-refractivity contribution in [3.05, 3.63) is 35.4 Å². The van der Waals surface area contributed by atoms with Gasteiger partial charge in [0.05, 0.1) is 13.2 Å². The number of hydrogen-bond acceptors (Lipinski definition) is 3. The van der Waals surface area contributed by atoms with Gasteiger partial charge in [-0.15, -0.1) is 0 Å². The summed E-state index contributed by atoms with van der Waals surface area (Å²) in [4.78, 5) is 16.0. The largest absolute Gasteiger partial charge is 0.382 e. The first kappa shape index (κ1) is 12.5. The Morgan fingerprint density at radius 2 is 1.88 bits per heavy atom. The van der Waals surface area contributed by atoms with Crippen LogP contribution in [-0.4, -0.2) is 26.2 Å². The van der Waals surface area contributed by atoms with Gasteiger partial charge in [-0.3, -0.25) is 9.63 Å². The first-order chi connectivity index (χ1) is 7.63. The molecule has 0 fully saturated rings. The second-order valence-corrected chi connectivity index (χ2v) is 2.93. The zero-order valence-electron chi connectivity index (χ0n) is 8.63. The molecule has 6 heteroatoms. The molecule has 88 valence electrons. The number of ether oxygens (including phenoxy) is 1. The summed E-state index contributed by atoms with van der Waals surface area (Å²) < 4.78 is 30.2. The lowest BCUT2D eigenvalue weighted by Gasteiger charge is -2.05. The van der Waals surface area contributed by atoms with Crippen LogP contribution >= 0.6 is 0 Å². The fourth-order valence-corrected chi connectivity index (χ4v) is 0.985. The van der Waals surface area contributed by atoms with Crippen LogP contribution in [0.5, 0.6) is 0 Å². The average Bonchev–Trinajstić information content (AvgIpc) is 2.22. The van der Waals surface area contributed by atoms with E-state index in [0.29, 0.717) is 12.7 Å². The number of methoxy groups -OCH3 is 1. The highest BCUT2D eigenvalue weighted by atomic mass is 19.1. The van der Waals surface area contributed by atoms with Crippen molar-refractivity contribution < 1.29 is 23.1 Å². The van der Waals surface area contributed by atoms with Gasteiger partial charge in [0, 0.05) is 18.7 Å². The molecule has 1 rings (SSSR count). The highest BCUT2D eigenvalue weighted by Crippen LogP contribution is 2.07. The molecule has 0 aromatic heterocycles. The molecular formula is C10H11F2NO3. The first-order valence-corrected chi connectivity index (χ1v) is 4.50. The molecule has 0 saturated heterocycles. The molecule has 0 unspecified atom stereocenters. The van der Waals surface area contributed by atoms with Crippen molar-refractivity contribution in [3.63, 3.8) is 0 Å². The van der Waals surface area contributed by atoms with Crippen LogP contribution in [0.15, 0.2) is 18.2 Å². The number of benzene rings is 1. The fraction of sp³-hybridized carbons (Fsp3) is 0.300. The third-order valence-corrected chi connectivity index (χ3v) is 1.68. The number of hydroxylamine groups is 1. The minimum atomic E-state index is -0.818. The lowest BCUT2D eigenvalue weighted by molar-refractivity contribution is 0.00884. The van der Waals surface area contributed by atoms with Crippen molar-refractivity contribution in [2.24, 2.45) is 0 Å². The summed E-state index contributed by atoms with van der Waals surface area (Å²) in [5, 5.41) is 0. The standard InChI is InChI=1S/C10H11F2NO3/c1-15-2-3-16-13-10(14)7-4-8(11)6-9(12)5-7/h4-6H,2-3H2,1H3,(H,13,14). The van der Waals surface area contributed by atoms with Gasteiger partial charge in [0.1, 0.15) is 11.6 Å².